The molecule has 1 heterocycles. The van der Waals surface area contributed by atoms with E-state index in [0.717, 1.165) is 38.5 Å². The van der Waals surface area contributed by atoms with Crippen molar-refractivity contribution < 1.29 is 39.8 Å². The number of rotatable bonds is 40. The minimum atomic E-state index is -1.57. The summed E-state index contributed by atoms with van der Waals surface area (Å²) in [4.78, 5) is 13.0. The largest absolute Gasteiger partial charge is 0.394 e. The minimum absolute atomic E-state index is 0.184. The zero-order valence-corrected chi connectivity index (χ0v) is 36.9. The van der Waals surface area contributed by atoms with Gasteiger partial charge in [0, 0.05) is 6.42 Å². The molecule has 0 bridgehead atoms. The van der Waals surface area contributed by atoms with Crippen molar-refractivity contribution in [3.8, 4) is 0 Å². The first kappa shape index (κ1) is 53.7. The van der Waals surface area contributed by atoms with Gasteiger partial charge in [0.15, 0.2) is 6.29 Å². The molecule has 0 spiro atoms. The van der Waals surface area contributed by atoms with Crippen LogP contribution in [-0.4, -0.2) is 87.5 Å². The summed E-state index contributed by atoms with van der Waals surface area (Å²) < 4.78 is 11.2. The van der Waals surface area contributed by atoms with Crippen LogP contribution in [-0.2, 0) is 14.3 Å². The van der Waals surface area contributed by atoms with Gasteiger partial charge < -0.3 is 40.3 Å². The van der Waals surface area contributed by atoms with Crippen molar-refractivity contribution >= 4 is 5.91 Å². The number of aliphatic hydroxyl groups excluding tert-OH is 5. The fourth-order valence-electron chi connectivity index (χ4n) is 7.64. The number of hydrogen-bond donors (Lipinski definition) is 6. The van der Waals surface area contributed by atoms with Crippen LogP contribution in [0.5, 0.6) is 0 Å². The van der Waals surface area contributed by atoms with Crippen LogP contribution in [0.3, 0.4) is 0 Å². The third kappa shape index (κ3) is 29.5. The molecule has 0 aliphatic carbocycles. The Morgan fingerprint density at radius 1 is 0.579 bits per heavy atom. The van der Waals surface area contributed by atoms with Crippen LogP contribution in [0.25, 0.3) is 0 Å². The standard InChI is InChI=1S/C48H91NO8/c1-3-5-7-9-11-13-15-17-19-21-22-24-26-28-30-32-34-36-38-44(52)49-41(40-56-48-47(55)46(54)45(53)43(39-50)57-48)42(51)37-35-33-31-29-27-25-23-20-18-16-14-12-10-8-6-4-2/h27,29,35,37,41-43,45-48,50-51,53-55H,3-26,28,30-34,36,38-40H2,1-2H3,(H,49,52)/b29-27+,37-35+. The molecule has 1 fully saturated rings. The summed E-state index contributed by atoms with van der Waals surface area (Å²) in [5.41, 5.74) is 0. The van der Waals surface area contributed by atoms with Crippen LogP contribution < -0.4 is 5.32 Å². The summed E-state index contributed by atoms with van der Waals surface area (Å²) in [6.45, 7) is 3.77. The lowest BCUT2D eigenvalue weighted by atomic mass is 9.99. The van der Waals surface area contributed by atoms with E-state index >= 15 is 0 Å². The SMILES string of the molecule is CCCCCCCCCCCC/C=C/CC/C=C/C(O)C(COC1OC(CO)C(O)C(O)C1O)NC(=O)CCCCCCCCCCCCCCCCCCCC. The van der Waals surface area contributed by atoms with Crippen molar-refractivity contribution in [2.45, 2.75) is 262 Å². The topological polar surface area (TPSA) is 149 Å². The molecule has 0 saturated carbocycles. The van der Waals surface area contributed by atoms with Gasteiger partial charge in [-0.25, -0.2) is 0 Å². The van der Waals surface area contributed by atoms with Gasteiger partial charge >= 0.3 is 0 Å². The number of nitrogens with one attached hydrogen (secondary N) is 1. The van der Waals surface area contributed by atoms with E-state index < -0.39 is 49.5 Å². The molecule has 7 atom stereocenters. The number of carbonyl (C=O) groups is 1. The van der Waals surface area contributed by atoms with E-state index in [1.54, 1.807) is 6.08 Å². The summed E-state index contributed by atoms with van der Waals surface area (Å²) in [7, 11) is 0. The molecular formula is C48H91NO8. The maximum Gasteiger partial charge on any atom is 0.220 e. The fourth-order valence-corrected chi connectivity index (χ4v) is 7.64. The first-order valence-electron chi connectivity index (χ1n) is 24.1. The van der Waals surface area contributed by atoms with Gasteiger partial charge in [-0.2, -0.15) is 0 Å². The van der Waals surface area contributed by atoms with Crippen LogP contribution in [0.2, 0.25) is 0 Å². The summed E-state index contributed by atoms with van der Waals surface area (Å²) in [6, 6.07) is -0.816. The number of allylic oxidation sites excluding steroid dienone is 3. The summed E-state index contributed by atoms with van der Waals surface area (Å²) in [5.74, 6) is -0.184. The molecule has 0 aromatic heterocycles. The highest BCUT2D eigenvalue weighted by molar-refractivity contribution is 5.76. The number of hydrogen-bond acceptors (Lipinski definition) is 8. The zero-order valence-electron chi connectivity index (χ0n) is 36.9. The van der Waals surface area contributed by atoms with Crippen molar-refractivity contribution in [1.82, 2.24) is 5.32 Å². The van der Waals surface area contributed by atoms with Gasteiger partial charge in [0.05, 0.1) is 25.4 Å². The Balaban J connectivity index is 2.35. The van der Waals surface area contributed by atoms with Gasteiger partial charge in [-0.15, -0.1) is 0 Å². The summed E-state index contributed by atoms with van der Waals surface area (Å²) in [6.07, 6.45) is 39.4. The lowest BCUT2D eigenvalue weighted by Gasteiger charge is -2.40. The Labute approximate surface area is 349 Å². The van der Waals surface area contributed by atoms with Crippen LogP contribution >= 0.6 is 0 Å². The number of carbonyl (C=O) groups excluding carboxylic acids is 1. The molecule has 1 amide bonds. The third-order valence-corrected chi connectivity index (χ3v) is 11.5. The van der Waals surface area contributed by atoms with Gasteiger partial charge in [-0.1, -0.05) is 205 Å². The van der Waals surface area contributed by atoms with Gasteiger partial charge in [0.2, 0.25) is 5.91 Å². The lowest BCUT2D eigenvalue weighted by Crippen LogP contribution is -2.60. The molecule has 1 aliphatic heterocycles. The number of unbranched alkanes of at least 4 members (excludes halogenated alkanes) is 28. The number of aliphatic hydroxyl groups is 5. The molecule has 1 aliphatic rings. The second-order valence-corrected chi connectivity index (χ2v) is 16.9. The molecule has 1 saturated heterocycles. The maximum absolute atomic E-state index is 13.0. The molecule has 0 radical (unpaired) electrons. The van der Waals surface area contributed by atoms with Gasteiger partial charge in [0.1, 0.15) is 24.4 Å². The monoisotopic (exact) mass is 810 g/mol. The predicted octanol–water partition coefficient (Wildman–Crippen LogP) is 10.3. The molecular weight excluding hydrogens is 719 g/mol. The molecule has 0 aromatic carbocycles. The summed E-state index contributed by atoms with van der Waals surface area (Å²) >= 11 is 0. The molecule has 336 valence electrons. The highest BCUT2D eigenvalue weighted by Crippen LogP contribution is 2.23. The second kappa shape index (κ2) is 38.8. The van der Waals surface area contributed by atoms with Crippen molar-refractivity contribution in [3.63, 3.8) is 0 Å². The fraction of sp³-hybridized carbons (Fsp3) is 0.896. The van der Waals surface area contributed by atoms with E-state index in [1.165, 1.54) is 161 Å². The van der Waals surface area contributed by atoms with E-state index in [-0.39, 0.29) is 12.5 Å². The van der Waals surface area contributed by atoms with Crippen molar-refractivity contribution in [3.05, 3.63) is 24.3 Å². The average Bonchev–Trinajstić information content (AvgIpc) is 3.21. The Hall–Kier alpha value is -1.33. The van der Waals surface area contributed by atoms with Gasteiger partial charge in [-0.05, 0) is 32.1 Å². The van der Waals surface area contributed by atoms with E-state index in [2.05, 4.69) is 31.3 Å². The van der Waals surface area contributed by atoms with E-state index in [1.807, 2.05) is 6.08 Å². The number of amides is 1. The molecule has 57 heavy (non-hydrogen) atoms. The Morgan fingerprint density at radius 2 is 1.00 bits per heavy atom. The quantitative estimate of drug-likeness (QED) is 0.0265. The van der Waals surface area contributed by atoms with Crippen LogP contribution in [0.1, 0.15) is 219 Å². The van der Waals surface area contributed by atoms with E-state index in [9.17, 15) is 30.3 Å². The number of ether oxygens (including phenoxy) is 2. The van der Waals surface area contributed by atoms with Crippen LogP contribution in [0.15, 0.2) is 24.3 Å². The predicted molar refractivity (Wildman–Crippen MR) is 235 cm³/mol. The van der Waals surface area contributed by atoms with Crippen molar-refractivity contribution in [1.29, 1.82) is 0 Å². The zero-order chi connectivity index (χ0) is 41.6. The van der Waals surface area contributed by atoms with Gasteiger partial charge in [-0.3, -0.25) is 4.79 Å². The van der Waals surface area contributed by atoms with Crippen molar-refractivity contribution in [2.24, 2.45) is 0 Å². The molecule has 1 rings (SSSR count). The highest BCUT2D eigenvalue weighted by Gasteiger charge is 2.44. The third-order valence-electron chi connectivity index (χ3n) is 11.5. The molecule has 0 aromatic rings. The first-order valence-corrected chi connectivity index (χ1v) is 24.1. The maximum atomic E-state index is 13.0. The smallest absolute Gasteiger partial charge is 0.220 e. The highest BCUT2D eigenvalue weighted by atomic mass is 16.7. The van der Waals surface area contributed by atoms with Crippen LogP contribution in [0, 0.1) is 0 Å². The van der Waals surface area contributed by atoms with Crippen molar-refractivity contribution in [2.75, 3.05) is 13.2 Å². The Bertz CT molecular complexity index is 945. The molecule has 9 nitrogen and oxygen atoms in total. The van der Waals surface area contributed by atoms with E-state index in [0.29, 0.717) is 6.42 Å². The second-order valence-electron chi connectivity index (χ2n) is 16.9. The molecule has 6 N–H and O–H groups in total. The Morgan fingerprint density at radius 3 is 1.47 bits per heavy atom. The summed E-state index contributed by atoms with van der Waals surface area (Å²) in [5, 5.41) is 54.2. The molecule has 7 unspecified atom stereocenters. The lowest BCUT2D eigenvalue weighted by molar-refractivity contribution is -0.302. The minimum Gasteiger partial charge on any atom is -0.394 e. The molecule has 9 heteroatoms. The average molecular weight is 810 g/mol. The van der Waals surface area contributed by atoms with E-state index in [4.69, 9.17) is 9.47 Å². The van der Waals surface area contributed by atoms with Crippen LogP contribution in [0.4, 0.5) is 0 Å². The van der Waals surface area contributed by atoms with Gasteiger partial charge in [0.25, 0.3) is 0 Å². The first-order chi connectivity index (χ1) is 27.8. The normalized spacial score (nSPS) is 21.1. The Kier molecular flexibility index (Phi) is 36.6.